The summed E-state index contributed by atoms with van der Waals surface area (Å²) in [5.74, 6) is 1.64. The van der Waals surface area contributed by atoms with Crippen molar-refractivity contribution >= 4 is 5.97 Å². The average Bonchev–Trinajstić information content (AvgIpc) is 2.88. The maximum atomic E-state index is 11.6. The van der Waals surface area contributed by atoms with Crippen molar-refractivity contribution in [2.24, 2.45) is 17.8 Å². The van der Waals surface area contributed by atoms with Gasteiger partial charge in [-0.1, -0.05) is 19.4 Å². The van der Waals surface area contributed by atoms with Gasteiger partial charge in [-0.3, -0.25) is 4.79 Å². The van der Waals surface area contributed by atoms with E-state index in [2.05, 4.69) is 0 Å². The predicted octanol–water partition coefficient (Wildman–Crippen LogP) is 3.07. The van der Waals surface area contributed by atoms with Crippen LogP contribution in [0.15, 0.2) is 11.1 Å². The van der Waals surface area contributed by atoms with E-state index in [0.29, 0.717) is 0 Å². The van der Waals surface area contributed by atoms with Crippen LogP contribution in [0.2, 0.25) is 0 Å². The second-order valence-electron chi connectivity index (χ2n) is 5.83. The monoisotopic (exact) mass is 220 g/mol. The van der Waals surface area contributed by atoms with Gasteiger partial charge in [-0.2, -0.15) is 0 Å². The highest BCUT2D eigenvalue weighted by atomic mass is 16.5. The van der Waals surface area contributed by atoms with E-state index in [4.69, 9.17) is 4.74 Å². The van der Waals surface area contributed by atoms with Gasteiger partial charge in [-0.05, 0) is 49.5 Å². The lowest BCUT2D eigenvalue weighted by Gasteiger charge is -2.21. The Morgan fingerprint density at radius 1 is 1.31 bits per heavy atom. The minimum atomic E-state index is -0.0264. The first kappa shape index (κ1) is 10.4. The Morgan fingerprint density at radius 2 is 2.12 bits per heavy atom. The highest BCUT2D eigenvalue weighted by molar-refractivity contribution is 5.72. The van der Waals surface area contributed by atoms with Crippen molar-refractivity contribution in [3.63, 3.8) is 0 Å². The summed E-state index contributed by atoms with van der Waals surface area (Å²) < 4.78 is 5.64. The van der Waals surface area contributed by atoms with Crippen molar-refractivity contribution in [1.29, 1.82) is 0 Å². The van der Waals surface area contributed by atoms with Crippen molar-refractivity contribution in [3.8, 4) is 0 Å². The second-order valence-corrected chi connectivity index (χ2v) is 5.83. The number of hydrogen-bond acceptors (Lipinski definition) is 2. The summed E-state index contributed by atoms with van der Waals surface area (Å²) in [6, 6.07) is 0. The number of esters is 1. The van der Waals surface area contributed by atoms with Crippen LogP contribution in [0.5, 0.6) is 0 Å². The maximum Gasteiger partial charge on any atom is 0.308 e. The molecule has 3 unspecified atom stereocenters. The zero-order chi connectivity index (χ0) is 11.3. The van der Waals surface area contributed by atoms with E-state index in [9.17, 15) is 4.79 Å². The summed E-state index contributed by atoms with van der Waals surface area (Å²) in [5, 5.41) is 0. The molecule has 2 fully saturated rings. The molecule has 16 heavy (non-hydrogen) atoms. The third-order valence-corrected chi connectivity index (χ3v) is 4.52. The molecule has 0 aromatic carbocycles. The fourth-order valence-corrected chi connectivity index (χ4v) is 3.74. The SMILES string of the molecule is CC(C)C(=O)OC1CCC2C1=C1CCC2C1. The van der Waals surface area contributed by atoms with E-state index in [-0.39, 0.29) is 18.0 Å². The molecule has 0 aliphatic heterocycles. The molecule has 0 amide bonds. The minimum Gasteiger partial charge on any atom is -0.458 e. The Hall–Kier alpha value is -0.790. The third kappa shape index (κ3) is 1.42. The summed E-state index contributed by atoms with van der Waals surface area (Å²) in [4.78, 5) is 11.6. The molecule has 2 saturated carbocycles. The van der Waals surface area contributed by atoms with Gasteiger partial charge in [0.2, 0.25) is 0 Å². The Morgan fingerprint density at radius 3 is 2.88 bits per heavy atom. The van der Waals surface area contributed by atoms with Gasteiger partial charge < -0.3 is 4.74 Å². The summed E-state index contributed by atoms with van der Waals surface area (Å²) in [5.41, 5.74) is 3.17. The van der Waals surface area contributed by atoms with Crippen LogP contribution in [-0.4, -0.2) is 12.1 Å². The summed E-state index contributed by atoms with van der Waals surface area (Å²) in [6.45, 7) is 3.82. The van der Waals surface area contributed by atoms with Crippen molar-refractivity contribution in [1.82, 2.24) is 0 Å². The molecule has 0 aromatic rings. The molecule has 3 rings (SSSR count). The predicted molar refractivity (Wildman–Crippen MR) is 61.8 cm³/mol. The fourth-order valence-electron chi connectivity index (χ4n) is 3.74. The van der Waals surface area contributed by atoms with E-state index in [0.717, 1.165) is 18.3 Å². The van der Waals surface area contributed by atoms with Gasteiger partial charge in [0.1, 0.15) is 6.10 Å². The topological polar surface area (TPSA) is 26.3 Å². The number of rotatable bonds is 2. The Kier molecular flexibility index (Phi) is 2.34. The van der Waals surface area contributed by atoms with Gasteiger partial charge >= 0.3 is 5.97 Å². The van der Waals surface area contributed by atoms with Crippen LogP contribution >= 0.6 is 0 Å². The molecule has 0 saturated heterocycles. The first-order chi connectivity index (χ1) is 7.66. The molecule has 2 heteroatoms. The highest BCUT2D eigenvalue weighted by Gasteiger charge is 2.46. The molecule has 3 atom stereocenters. The Labute approximate surface area is 97.1 Å². The number of carbonyl (C=O) groups is 1. The third-order valence-electron chi connectivity index (χ3n) is 4.52. The van der Waals surface area contributed by atoms with Crippen LogP contribution < -0.4 is 0 Å². The van der Waals surface area contributed by atoms with Crippen LogP contribution in [0, 0.1) is 17.8 Å². The van der Waals surface area contributed by atoms with Gasteiger partial charge in [-0.15, -0.1) is 0 Å². The van der Waals surface area contributed by atoms with Crippen LogP contribution in [0.25, 0.3) is 0 Å². The van der Waals surface area contributed by atoms with E-state index in [1.54, 1.807) is 5.57 Å². The molecule has 3 aliphatic rings. The van der Waals surface area contributed by atoms with Crippen LogP contribution in [0.3, 0.4) is 0 Å². The number of ether oxygens (including phenoxy) is 1. The summed E-state index contributed by atoms with van der Waals surface area (Å²) in [6.07, 6.45) is 6.41. The lowest BCUT2D eigenvalue weighted by molar-refractivity contribution is -0.150. The molecule has 0 heterocycles. The van der Waals surface area contributed by atoms with Crippen molar-refractivity contribution in [2.75, 3.05) is 0 Å². The number of fused-ring (bicyclic) bond motifs is 4. The first-order valence-electron chi connectivity index (χ1n) is 6.59. The molecule has 2 bridgehead atoms. The van der Waals surface area contributed by atoms with E-state index >= 15 is 0 Å². The smallest absolute Gasteiger partial charge is 0.308 e. The fraction of sp³-hybridized carbons (Fsp3) is 0.786. The van der Waals surface area contributed by atoms with Gasteiger partial charge in [-0.25, -0.2) is 0 Å². The lowest BCUT2D eigenvalue weighted by atomic mass is 9.88. The zero-order valence-electron chi connectivity index (χ0n) is 10.2. The Balaban J connectivity index is 1.76. The Bertz CT molecular complexity index is 354. The number of allylic oxidation sites excluding steroid dienone is 1. The zero-order valence-corrected chi connectivity index (χ0v) is 10.2. The normalized spacial score (nSPS) is 36.1. The first-order valence-corrected chi connectivity index (χ1v) is 6.59. The van der Waals surface area contributed by atoms with E-state index < -0.39 is 0 Å². The summed E-state index contributed by atoms with van der Waals surface area (Å²) >= 11 is 0. The van der Waals surface area contributed by atoms with Crippen molar-refractivity contribution in [2.45, 2.75) is 52.1 Å². The van der Waals surface area contributed by atoms with Gasteiger partial charge in [0.15, 0.2) is 0 Å². The molecule has 0 N–H and O–H groups in total. The second kappa shape index (κ2) is 3.61. The van der Waals surface area contributed by atoms with Crippen LogP contribution in [0.1, 0.15) is 46.0 Å². The van der Waals surface area contributed by atoms with E-state index in [1.807, 2.05) is 13.8 Å². The summed E-state index contributed by atoms with van der Waals surface area (Å²) in [7, 11) is 0. The van der Waals surface area contributed by atoms with Crippen LogP contribution in [0.4, 0.5) is 0 Å². The van der Waals surface area contributed by atoms with Crippen molar-refractivity contribution in [3.05, 3.63) is 11.1 Å². The van der Waals surface area contributed by atoms with Gasteiger partial charge in [0, 0.05) is 0 Å². The lowest BCUT2D eigenvalue weighted by Crippen LogP contribution is -2.22. The standard InChI is InChI=1S/C14H20O2/c1-8(2)14(15)16-12-6-5-11-9-3-4-10(7-9)13(11)12/h8-9,11-12H,3-7H2,1-2H3. The molecule has 88 valence electrons. The highest BCUT2D eigenvalue weighted by Crippen LogP contribution is 2.55. The van der Waals surface area contributed by atoms with Gasteiger partial charge in [0.25, 0.3) is 0 Å². The molecule has 0 radical (unpaired) electrons. The molecular weight excluding hydrogens is 200 g/mol. The van der Waals surface area contributed by atoms with Crippen molar-refractivity contribution < 1.29 is 9.53 Å². The number of carbonyl (C=O) groups excluding carboxylic acids is 1. The number of hydrogen-bond donors (Lipinski definition) is 0. The largest absolute Gasteiger partial charge is 0.458 e. The molecular formula is C14H20O2. The molecule has 3 aliphatic carbocycles. The van der Waals surface area contributed by atoms with Crippen LogP contribution in [-0.2, 0) is 9.53 Å². The van der Waals surface area contributed by atoms with E-state index in [1.165, 1.54) is 31.3 Å². The minimum absolute atomic E-state index is 0.00300. The average molecular weight is 220 g/mol. The quantitative estimate of drug-likeness (QED) is 0.528. The molecule has 0 aromatic heterocycles. The molecule has 0 spiro atoms. The van der Waals surface area contributed by atoms with Gasteiger partial charge in [0.05, 0.1) is 5.92 Å². The maximum absolute atomic E-state index is 11.6. The molecule has 2 nitrogen and oxygen atoms in total.